The predicted molar refractivity (Wildman–Crippen MR) is 78.0 cm³/mol. The first-order valence-electron chi connectivity index (χ1n) is 7.86. The van der Waals surface area contributed by atoms with Crippen molar-refractivity contribution in [1.82, 2.24) is 15.1 Å². The van der Waals surface area contributed by atoms with E-state index in [0.717, 1.165) is 6.54 Å². The highest BCUT2D eigenvalue weighted by atomic mass is 15.2. The van der Waals surface area contributed by atoms with E-state index in [1.165, 1.54) is 71.4 Å². The van der Waals surface area contributed by atoms with Gasteiger partial charge < -0.3 is 15.1 Å². The van der Waals surface area contributed by atoms with Gasteiger partial charge in [-0.05, 0) is 51.4 Å². The highest BCUT2D eigenvalue weighted by Crippen LogP contribution is 2.38. The summed E-state index contributed by atoms with van der Waals surface area (Å²) in [6, 6.07) is 0. The Labute approximate surface area is 113 Å². The van der Waals surface area contributed by atoms with Crippen LogP contribution >= 0.6 is 0 Å². The molecule has 1 N–H and O–H groups in total. The van der Waals surface area contributed by atoms with E-state index in [-0.39, 0.29) is 0 Å². The summed E-state index contributed by atoms with van der Waals surface area (Å²) >= 11 is 0. The molecule has 0 unspecified atom stereocenters. The Kier molecular flexibility index (Phi) is 5.46. The summed E-state index contributed by atoms with van der Waals surface area (Å²) in [5.41, 5.74) is 0.582. The summed E-state index contributed by atoms with van der Waals surface area (Å²) in [6.07, 6.45) is 7.10. The van der Waals surface area contributed by atoms with Gasteiger partial charge in [0, 0.05) is 26.2 Å². The molecule has 0 aromatic carbocycles. The zero-order valence-corrected chi connectivity index (χ0v) is 12.4. The fourth-order valence-corrected chi connectivity index (χ4v) is 3.64. The zero-order chi connectivity index (χ0) is 12.8. The molecule has 3 heteroatoms. The molecule has 1 saturated carbocycles. The van der Waals surface area contributed by atoms with Crippen molar-refractivity contribution in [3.63, 3.8) is 0 Å². The van der Waals surface area contributed by atoms with Gasteiger partial charge in [0.25, 0.3) is 0 Å². The summed E-state index contributed by atoms with van der Waals surface area (Å²) < 4.78 is 0. The van der Waals surface area contributed by atoms with Crippen LogP contribution in [0.3, 0.4) is 0 Å². The summed E-state index contributed by atoms with van der Waals surface area (Å²) in [7, 11) is 2.26. The van der Waals surface area contributed by atoms with Crippen LogP contribution in [0.4, 0.5) is 0 Å². The molecule has 106 valence electrons. The average molecular weight is 253 g/mol. The molecule has 18 heavy (non-hydrogen) atoms. The monoisotopic (exact) mass is 253 g/mol. The molecular formula is C15H31N3. The van der Waals surface area contributed by atoms with Crippen molar-refractivity contribution in [2.24, 2.45) is 5.41 Å². The molecule has 0 spiro atoms. The Balaban J connectivity index is 1.87. The quantitative estimate of drug-likeness (QED) is 0.806. The van der Waals surface area contributed by atoms with Crippen LogP contribution < -0.4 is 5.32 Å². The summed E-state index contributed by atoms with van der Waals surface area (Å²) in [5, 5.41) is 3.61. The van der Waals surface area contributed by atoms with E-state index in [1.807, 2.05) is 0 Å². The standard InChI is InChI=1S/C15H31N3/c1-3-16-13-15(7-4-5-8-15)14-18-10-6-9-17(2)11-12-18/h16H,3-14H2,1-2H3. The Morgan fingerprint density at radius 1 is 1.00 bits per heavy atom. The fraction of sp³-hybridized carbons (Fsp3) is 1.00. The third-order valence-corrected chi connectivity index (χ3v) is 4.79. The van der Waals surface area contributed by atoms with Crippen molar-refractivity contribution >= 4 is 0 Å². The SMILES string of the molecule is CCNCC1(CN2CCCN(C)CC2)CCCC1. The minimum absolute atomic E-state index is 0.582. The second-order valence-corrected chi connectivity index (χ2v) is 6.42. The molecular weight excluding hydrogens is 222 g/mol. The Morgan fingerprint density at radius 2 is 1.78 bits per heavy atom. The average Bonchev–Trinajstić information content (AvgIpc) is 2.73. The molecule has 3 nitrogen and oxygen atoms in total. The molecule has 0 aromatic heterocycles. The van der Waals surface area contributed by atoms with Gasteiger partial charge in [-0.2, -0.15) is 0 Å². The third-order valence-electron chi connectivity index (χ3n) is 4.79. The van der Waals surface area contributed by atoms with Crippen molar-refractivity contribution in [1.29, 1.82) is 0 Å². The predicted octanol–water partition coefficient (Wildman–Crippen LogP) is 1.79. The van der Waals surface area contributed by atoms with Crippen LogP contribution in [0.25, 0.3) is 0 Å². The summed E-state index contributed by atoms with van der Waals surface area (Å²) in [5.74, 6) is 0. The van der Waals surface area contributed by atoms with Crippen molar-refractivity contribution < 1.29 is 0 Å². The van der Waals surface area contributed by atoms with Crippen LogP contribution in [-0.2, 0) is 0 Å². The maximum atomic E-state index is 3.61. The molecule has 2 rings (SSSR count). The molecule has 0 radical (unpaired) electrons. The Bertz CT molecular complexity index is 236. The number of hydrogen-bond donors (Lipinski definition) is 1. The topological polar surface area (TPSA) is 18.5 Å². The number of hydrogen-bond acceptors (Lipinski definition) is 3. The van der Waals surface area contributed by atoms with Gasteiger partial charge in [0.2, 0.25) is 0 Å². The Hall–Kier alpha value is -0.120. The van der Waals surface area contributed by atoms with E-state index >= 15 is 0 Å². The van der Waals surface area contributed by atoms with Crippen LogP contribution in [0.1, 0.15) is 39.0 Å². The van der Waals surface area contributed by atoms with Crippen LogP contribution in [0.2, 0.25) is 0 Å². The molecule has 0 atom stereocenters. The van der Waals surface area contributed by atoms with Gasteiger partial charge in [-0.15, -0.1) is 0 Å². The largest absolute Gasteiger partial charge is 0.316 e. The highest BCUT2D eigenvalue weighted by molar-refractivity contribution is 4.90. The molecule has 2 aliphatic rings. The first kappa shape index (κ1) is 14.3. The van der Waals surface area contributed by atoms with Gasteiger partial charge in [0.15, 0.2) is 0 Å². The van der Waals surface area contributed by atoms with E-state index in [0.29, 0.717) is 5.41 Å². The summed E-state index contributed by atoms with van der Waals surface area (Å²) in [6.45, 7) is 11.0. The van der Waals surface area contributed by atoms with Gasteiger partial charge in [-0.1, -0.05) is 19.8 Å². The van der Waals surface area contributed by atoms with Gasteiger partial charge >= 0.3 is 0 Å². The lowest BCUT2D eigenvalue weighted by Crippen LogP contribution is -2.43. The number of nitrogens with zero attached hydrogens (tertiary/aromatic N) is 2. The van der Waals surface area contributed by atoms with E-state index in [9.17, 15) is 0 Å². The maximum Gasteiger partial charge on any atom is 0.0109 e. The maximum absolute atomic E-state index is 3.61. The minimum atomic E-state index is 0.582. The third kappa shape index (κ3) is 3.94. The van der Waals surface area contributed by atoms with Gasteiger partial charge in [0.1, 0.15) is 0 Å². The molecule has 1 saturated heterocycles. The van der Waals surface area contributed by atoms with Crippen molar-refractivity contribution in [3.8, 4) is 0 Å². The lowest BCUT2D eigenvalue weighted by atomic mass is 9.85. The van der Waals surface area contributed by atoms with Crippen LogP contribution in [0.5, 0.6) is 0 Å². The second-order valence-electron chi connectivity index (χ2n) is 6.42. The van der Waals surface area contributed by atoms with Gasteiger partial charge in [-0.25, -0.2) is 0 Å². The normalized spacial score (nSPS) is 26.3. The Morgan fingerprint density at radius 3 is 2.50 bits per heavy atom. The molecule has 1 aliphatic carbocycles. The van der Waals surface area contributed by atoms with Crippen LogP contribution in [0.15, 0.2) is 0 Å². The van der Waals surface area contributed by atoms with E-state index < -0.39 is 0 Å². The van der Waals surface area contributed by atoms with Crippen LogP contribution in [0, 0.1) is 5.41 Å². The molecule has 1 aliphatic heterocycles. The lowest BCUT2D eigenvalue weighted by Gasteiger charge is -2.35. The van der Waals surface area contributed by atoms with Crippen molar-refractivity contribution in [3.05, 3.63) is 0 Å². The zero-order valence-electron chi connectivity index (χ0n) is 12.4. The smallest absolute Gasteiger partial charge is 0.0109 e. The molecule has 1 heterocycles. The molecule has 0 aromatic rings. The number of nitrogens with one attached hydrogen (secondary N) is 1. The van der Waals surface area contributed by atoms with Crippen molar-refractivity contribution in [2.75, 3.05) is 52.9 Å². The van der Waals surface area contributed by atoms with Gasteiger partial charge in [-0.3, -0.25) is 0 Å². The minimum Gasteiger partial charge on any atom is -0.316 e. The first-order valence-corrected chi connectivity index (χ1v) is 7.86. The first-order chi connectivity index (χ1) is 8.74. The molecule has 0 bridgehead atoms. The second kappa shape index (κ2) is 6.88. The molecule has 0 amide bonds. The van der Waals surface area contributed by atoms with E-state index in [1.54, 1.807) is 0 Å². The van der Waals surface area contributed by atoms with Crippen molar-refractivity contribution in [2.45, 2.75) is 39.0 Å². The molecule has 2 fully saturated rings. The fourth-order valence-electron chi connectivity index (χ4n) is 3.64. The lowest BCUT2D eigenvalue weighted by molar-refractivity contribution is 0.153. The number of likely N-dealkylation sites (N-methyl/N-ethyl adjacent to an activating group) is 1. The van der Waals surface area contributed by atoms with Gasteiger partial charge in [0.05, 0.1) is 0 Å². The number of rotatable bonds is 5. The highest BCUT2D eigenvalue weighted by Gasteiger charge is 2.35. The van der Waals surface area contributed by atoms with E-state index in [4.69, 9.17) is 0 Å². The van der Waals surface area contributed by atoms with Crippen LogP contribution in [-0.4, -0.2) is 62.7 Å². The summed E-state index contributed by atoms with van der Waals surface area (Å²) in [4.78, 5) is 5.21. The van der Waals surface area contributed by atoms with E-state index in [2.05, 4.69) is 29.1 Å².